The molecule has 102 valence electrons. The summed E-state index contributed by atoms with van der Waals surface area (Å²) in [5.41, 5.74) is 9.43. The fourth-order valence-electron chi connectivity index (χ4n) is 2.44. The highest BCUT2D eigenvalue weighted by atomic mass is 16.5. The third kappa shape index (κ3) is 3.24. The third-order valence-electron chi connectivity index (χ3n) is 3.81. The van der Waals surface area contributed by atoms with Crippen LogP contribution in [-0.2, 0) is 0 Å². The van der Waals surface area contributed by atoms with Crippen LogP contribution in [0.1, 0.15) is 36.0 Å². The van der Waals surface area contributed by atoms with Crippen molar-refractivity contribution in [3.8, 4) is 5.75 Å². The Balaban J connectivity index is 2.93. The minimum absolute atomic E-state index is 0.162. The molecule has 0 saturated heterocycles. The van der Waals surface area contributed by atoms with Crippen LogP contribution in [0.5, 0.6) is 5.75 Å². The number of aliphatic hydroxyl groups excluding tert-OH is 1. The molecule has 1 aromatic carbocycles. The van der Waals surface area contributed by atoms with Crippen LogP contribution in [0, 0.1) is 19.8 Å². The molecule has 18 heavy (non-hydrogen) atoms. The largest absolute Gasteiger partial charge is 0.496 e. The number of aliphatic hydroxyl groups is 1. The number of ether oxygens (including phenoxy) is 1. The predicted octanol–water partition coefficient (Wildman–Crippen LogP) is 2.37. The molecular formula is C15H25NO2. The second kappa shape index (κ2) is 6.76. The maximum atomic E-state index is 9.23. The molecule has 0 aliphatic heterocycles. The Bertz CT molecular complexity index is 386. The topological polar surface area (TPSA) is 55.5 Å². The van der Waals surface area contributed by atoms with Gasteiger partial charge in [-0.05, 0) is 61.4 Å². The number of benzene rings is 1. The van der Waals surface area contributed by atoms with E-state index >= 15 is 0 Å². The highest BCUT2D eigenvalue weighted by Crippen LogP contribution is 2.31. The van der Waals surface area contributed by atoms with Gasteiger partial charge in [-0.15, -0.1) is 0 Å². The average Bonchev–Trinajstić information content (AvgIpc) is 2.38. The van der Waals surface area contributed by atoms with Gasteiger partial charge in [-0.1, -0.05) is 13.0 Å². The molecule has 0 amide bonds. The Morgan fingerprint density at radius 2 is 1.94 bits per heavy atom. The maximum absolute atomic E-state index is 9.23. The highest BCUT2D eigenvalue weighted by Gasteiger charge is 2.16. The van der Waals surface area contributed by atoms with Crippen molar-refractivity contribution in [2.45, 2.75) is 33.1 Å². The second-order valence-corrected chi connectivity index (χ2v) is 5.03. The van der Waals surface area contributed by atoms with Crippen LogP contribution in [0.25, 0.3) is 0 Å². The molecule has 0 heterocycles. The summed E-state index contributed by atoms with van der Waals surface area (Å²) in [6.07, 6.45) is 0.916. The van der Waals surface area contributed by atoms with Crippen molar-refractivity contribution in [3.63, 3.8) is 0 Å². The van der Waals surface area contributed by atoms with Crippen molar-refractivity contribution in [1.82, 2.24) is 0 Å². The maximum Gasteiger partial charge on any atom is 0.122 e. The molecule has 3 nitrogen and oxygen atoms in total. The van der Waals surface area contributed by atoms with Crippen LogP contribution in [0.15, 0.2) is 12.1 Å². The first-order chi connectivity index (χ1) is 8.54. The number of rotatable bonds is 6. The van der Waals surface area contributed by atoms with Gasteiger partial charge in [0.1, 0.15) is 5.75 Å². The van der Waals surface area contributed by atoms with E-state index in [2.05, 4.69) is 26.8 Å². The lowest BCUT2D eigenvalue weighted by molar-refractivity contribution is 0.217. The lowest BCUT2D eigenvalue weighted by Gasteiger charge is -2.21. The van der Waals surface area contributed by atoms with E-state index in [4.69, 9.17) is 10.5 Å². The summed E-state index contributed by atoms with van der Waals surface area (Å²) < 4.78 is 5.32. The molecule has 0 aromatic heterocycles. The molecule has 0 radical (unpaired) electrons. The monoisotopic (exact) mass is 251 g/mol. The number of nitrogens with two attached hydrogens (primary N) is 1. The van der Waals surface area contributed by atoms with Crippen molar-refractivity contribution in [3.05, 3.63) is 28.8 Å². The van der Waals surface area contributed by atoms with E-state index in [1.165, 1.54) is 16.7 Å². The summed E-state index contributed by atoms with van der Waals surface area (Å²) in [4.78, 5) is 0. The van der Waals surface area contributed by atoms with E-state index in [0.29, 0.717) is 12.5 Å². The third-order valence-corrected chi connectivity index (χ3v) is 3.81. The Morgan fingerprint density at radius 1 is 1.28 bits per heavy atom. The number of hydrogen-bond donors (Lipinski definition) is 2. The standard InChI is InChI=1S/C15H25NO2/c1-10(7-13(8-16)9-17)14-5-6-15(18-4)12(3)11(14)2/h5-6,10,13,17H,7-9,16H2,1-4H3. The zero-order valence-electron chi connectivity index (χ0n) is 11.9. The molecule has 3 N–H and O–H groups in total. The van der Waals surface area contributed by atoms with Crippen molar-refractivity contribution >= 4 is 0 Å². The molecule has 0 aliphatic carbocycles. The minimum atomic E-state index is 0.162. The highest BCUT2D eigenvalue weighted by molar-refractivity contribution is 5.44. The van der Waals surface area contributed by atoms with Gasteiger partial charge in [0.15, 0.2) is 0 Å². The lowest BCUT2D eigenvalue weighted by Crippen LogP contribution is -2.20. The summed E-state index contributed by atoms with van der Waals surface area (Å²) in [5.74, 6) is 1.51. The first-order valence-electron chi connectivity index (χ1n) is 6.50. The number of hydrogen-bond acceptors (Lipinski definition) is 3. The Morgan fingerprint density at radius 3 is 2.44 bits per heavy atom. The van der Waals surface area contributed by atoms with Gasteiger partial charge < -0.3 is 15.6 Å². The average molecular weight is 251 g/mol. The molecule has 0 spiro atoms. The first-order valence-corrected chi connectivity index (χ1v) is 6.50. The SMILES string of the molecule is COc1ccc(C(C)CC(CN)CO)c(C)c1C. The lowest BCUT2D eigenvalue weighted by atomic mass is 9.86. The van der Waals surface area contributed by atoms with Gasteiger partial charge in [0.05, 0.1) is 7.11 Å². The Kier molecular flexibility index (Phi) is 5.63. The van der Waals surface area contributed by atoms with Crippen LogP contribution in [0.2, 0.25) is 0 Å². The summed E-state index contributed by atoms with van der Waals surface area (Å²) in [6, 6.07) is 4.14. The Labute approximate surface area is 110 Å². The first kappa shape index (κ1) is 15.0. The van der Waals surface area contributed by atoms with E-state index in [9.17, 15) is 5.11 Å². The van der Waals surface area contributed by atoms with Gasteiger partial charge in [-0.25, -0.2) is 0 Å². The molecule has 1 aromatic rings. The normalized spacial score (nSPS) is 14.3. The van der Waals surface area contributed by atoms with Crippen LogP contribution >= 0.6 is 0 Å². The molecule has 2 unspecified atom stereocenters. The van der Waals surface area contributed by atoms with Crippen molar-refractivity contribution in [2.24, 2.45) is 11.7 Å². The van der Waals surface area contributed by atoms with E-state index in [0.717, 1.165) is 12.2 Å². The quantitative estimate of drug-likeness (QED) is 0.816. The molecular weight excluding hydrogens is 226 g/mol. The molecule has 0 aliphatic rings. The predicted molar refractivity (Wildman–Crippen MR) is 75.1 cm³/mol. The smallest absolute Gasteiger partial charge is 0.122 e. The molecule has 0 saturated carbocycles. The second-order valence-electron chi connectivity index (χ2n) is 5.03. The molecule has 2 atom stereocenters. The van der Waals surface area contributed by atoms with Crippen LogP contribution in [-0.4, -0.2) is 25.4 Å². The molecule has 0 fully saturated rings. The fraction of sp³-hybridized carbons (Fsp3) is 0.600. The van der Waals surface area contributed by atoms with E-state index in [1.54, 1.807) is 7.11 Å². The molecule has 0 bridgehead atoms. The van der Waals surface area contributed by atoms with Gasteiger partial charge in [0, 0.05) is 6.61 Å². The fourth-order valence-corrected chi connectivity index (χ4v) is 2.44. The van der Waals surface area contributed by atoms with Gasteiger partial charge >= 0.3 is 0 Å². The zero-order valence-corrected chi connectivity index (χ0v) is 11.9. The minimum Gasteiger partial charge on any atom is -0.496 e. The van der Waals surface area contributed by atoms with Gasteiger partial charge in [-0.2, -0.15) is 0 Å². The molecule has 1 rings (SSSR count). The van der Waals surface area contributed by atoms with Gasteiger partial charge in [-0.3, -0.25) is 0 Å². The van der Waals surface area contributed by atoms with Crippen molar-refractivity contribution in [2.75, 3.05) is 20.3 Å². The zero-order chi connectivity index (χ0) is 13.7. The van der Waals surface area contributed by atoms with Gasteiger partial charge in [0.25, 0.3) is 0 Å². The van der Waals surface area contributed by atoms with Crippen LogP contribution in [0.4, 0.5) is 0 Å². The number of methoxy groups -OCH3 is 1. The summed E-state index contributed by atoms with van der Waals surface area (Å²) in [6.45, 7) is 7.09. The van der Waals surface area contributed by atoms with Crippen molar-refractivity contribution in [1.29, 1.82) is 0 Å². The summed E-state index contributed by atoms with van der Waals surface area (Å²) in [7, 11) is 1.70. The summed E-state index contributed by atoms with van der Waals surface area (Å²) in [5, 5.41) is 9.23. The van der Waals surface area contributed by atoms with E-state index < -0.39 is 0 Å². The van der Waals surface area contributed by atoms with Crippen molar-refractivity contribution < 1.29 is 9.84 Å². The van der Waals surface area contributed by atoms with Crippen LogP contribution < -0.4 is 10.5 Å². The van der Waals surface area contributed by atoms with E-state index in [-0.39, 0.29) is 12.5 Å². The van der Waals surface area contributed by atoms with Gasteiger partial charge in [0.2, 0.25) is 0 Å². The Hall–Kier alpha value is -1.06. The molecule has 3 heteroatoms. The van der Waals surface area contributed by atoms with Crippen LogP contribution in [0.3, 0.4) is 0 Å². The summed E-state index contributed by atoms with van der Waals surface area (Å²) >= 11 is 0. The van der Waals surface area contributed by atoms with E-state index in [1.807, 2.05) is 6.07 Å².